The number of halogens is 1. The Kier molecular flexibility index (Phi) is 4.77. The smallest absolute Gasteiger partial charge is 0.144 e. The van der Waals surface area contributed by atoms with Crippen molar-refractivity contribution in [2.75, 3.05) is 0 Å². The molecule has 3 aromatic carbocycles. The largest absolute Gasteiger partial charge is 0.455 e. The predicted octanol–water partition coefficient (Wildman–Crippen LogP) is 8.26. The molecule has 0 unspecified atom stereocenters. The summed E-state index contributed by atoms with van der Waals surface area (Å²) in [6.45, 7) is 8.73. The maximum absolute atomic E-state index is 14.2. The number of pyridine rings is 1. The number of aromatic nitrogens is 1. The third kappa shape index (κ3) is 3.38. The van der Waals surface area contributed by atoms with Crippen LogP contribution in [0, 0.1) is 11.7 Å². The second-order valence-electron chi connectivity index (χ2n) is 9.12. The minimum atomic E-state index is -0.223. The van der Waals surface area contributed by atoms with Crippen molar-refractivity contribution in [3.05, 3.63) is 77.7 Å². The van der Waals surface area contributed by atoms with Crippen LogP contribution in [0.15, 0.2) is 65.2 Å². The van der Waals surface area contributed by atoms with E-state index in [0.717, 1.165) is 56.0 Å². The van der Waals surface area contributed by atoms with Gasteiger partial charge in [0, 0.05) is 27.9 Å². The predicted molar refractivity (Wildman–Crippen MR) is 127 cm³/mol. The number of nitrogens with zero attached hydrogens (tertiary/aromatic N) is 1. The van der Waals surface area contributed by atoms with Gasteiger partial charge < -0.3 is 4.42 Å². The van der Waals surface area contributed by atoms with Crippen LogP contribution >= 0.6 is 0 Å². The molecule has 0 spiro atoms. The first-order valence-corrected chi connectivity index (χ1v) is 10.9. The summed E-state index contributed by atoms with van der Waals surface area (Å²) in [7, 11) is 0. The van der Waals surface area contributed by atoms with Gasteiger partial charge in [-0.05, 0) is 71.2 Å². The van der Waals surface area contributed by atoms with Gasteiger partial charge in [-0.3, -0.25) is 4.98 Å². The molecule has 0 aliphatic carbocycles. The summed E-state index contributed by atoms with van der Waals surface area (Å²) in [4.78, 5) is 4.90. The Balaban J connectivity index is 1.87. The summed E-state index contributed by atoms with van der Waals surface area (Å²) in [5.74, 6) is 0.602. The summed E-state index contributed by atoms with van der Waals surface area (Å²) in [6.07, 6.45) is 2.77. The number of benzene rings is 3. The van der Waals surface area contributed by atoms with Gasteiger partial charge in [0.15, 0.2) is 0 Å². The molecule has 2 aromatic heterocycles. The Bertz CT molecular complexity index is 1430. The van der Waals surface area contributed by atoms with Crippen LogP contribution in [0.25, 0.3) is 44.0 Å². The SMILES string of the molecule is CC(C)Cc1cnc(-c2cc(C(C)C)cc3c2oc2ccccc23)c2ccc(F)cc12. The Morgan fingerprint density at radius 1 is 0.871 bits per heavy atom. The van der Waals surface area contributed by atoms with Crippen LogP contribution in [0.5, 0.6) is 0 Å². The number of furan rings is 1. The third-order valence-corrected chi connectivity index (χ3v) is 5.98. The van der Waals surface area contributed by atoms with Crippen LogP contribution in [0.3, 0.4) is 0 Å². The Morgan fingerprint density at radius 2 is 1.68 bits per heavy atom. The highest BCUT2D eigenvalue weighted by molar-refractivity contribution is 6.12. The highest BCUT2D eigenvalue weighted by Gasteiger charge is 2.19. The molecule has 5 rings (SSSR count). The number of hydrogen-bond acceptors (Lipinski definition) is 2. The van der Waals surface area contributed by atoms with Crippen molar-refractivity contribution >= 4 is 32.7 Å². The number of hydrogen-bond donors (Lipinski definition) is 0. The van der Waals surface area contributed by atoms with Crippen LogP contribution in [-0.4, -0.2) is 4.98 Å². The number of fused-ring (bicyclic) bond motifs is 4. The molecule has 0 amide bonds. The minimum absolute atomic E-state index is 0.223. The minimum Gasteiger partial charge on any atom is -0.455 e. The summed E-state index contributed by atoms with van der Waals surface area (Å²) in [5, 5.41) is 4.09. The molecule has 0 bridgehead atoms. The molecule has 0 fully saturated rings. The van der Waals surface area contributed by atoms with E-state index in [1.54, 1.807) is 6.07 Å². The molecule has 0 aliphatic heterocycles. The van der Waals surface area contributed by atoms with E-state index in [-0.39, 0.29) is 5.82 Å². The van der Waals surface area contributed by atoms with Gasteiger partial charge in [0.25, 0.3) is 0 Å². The summed E-state index contributed by atoms with van der Waals surface area (Å²) < 4.78 is 20.5. The molecule has 2 nitrogen and oxygen atoms in total. The molecule has 0 aliphatic rings. The third-order valence-electron chi connectivity index (χ3n) is 5.98. The lowest BCUT2D eigenvalue weighted by atomic mass is 9.92. The Hall–Kier alpha value is -3.20. The van der Waals surface area contributed by atoms with E-state index in [0.29, 0.717) is 11.8 Å². The zero-order chi connectivity index (χ0) is 21.7. The van der Waals surface area contributed by atoms with E-state index >= 15 is 0 Å². The fraction of sp³-hybridized carbons (Fsp3) is 0.250. The van der Waals surface area contributed by atoms with Gasteiger partial charge >= 0.3 is 0 Å². The fourth-order valence-electron chi connectivity index (χ4n) is 4.45. The first kappa shape index (κ1) is 19.7. The standard InChI is InChI=1S/C28H26FNO/c1-16(2)11-19-15-30-27(22-10-9-20(29)14-23(19)22)25-13-18(17(3)4)12-24-21-7-5-6-8-26(21)31-28(24)25/h5-10,12-17H,11H2,1-4H3. The van der Waals surface area contributed by atoms with Crippen LogP contribution in [0.4, 0.5) is 4.39 Å². The Labute approximate surface area is 181 Å². The molecule has 2 heterocycles. The second kappa shape index (κ2) is 7.49. The average molecular weight is 412 g/mol. The average Bonchev–Trinajstić information content (AvgIpc) is 3.12. The van der Waals surface area contributed by atoms with Crippen molar-refractivity contribution in [1.82, 2.24) is 4.98 Å². The molecule has 3 heteroatoms. The van der Waals surface area contributed by atoms with Crippen molar-refractivity contribution in [3.8, 4) is 11.3 Å². The van der Waals surface area contributed by atoms with Gasteiger partial charge in [0.2, 0.25) is 0 Å². The molecule has 0 radical (unpaired) electrons. The quantitative estimate of drug-likeness (QED) is 0.297. The molecular weight excluding hydrogens is 385 g/mol. The highest BCUT2D eigenvalue weighted by atomic mass is 19.1. The zero-order valence-electron chi connectivity index (χ0n) is 18.4. The first-order chi connectivity index (χ1) is 14.9. The van der Waals surface area contributed by atoms with E-state index in [9.17, 15) is 4.39 Å². The van der Waals surface area contributed by atoms with E-state index < -0.39 is 0 Å². The van der Waals surface area contributed by atoms with Crippen molar-refractivity contribution < 1.29 is 8.81 Å². The lowest BCUT2D eigenvalue weighted by Gasteiger charge is -2.14. The first-order valence-electron chi connectivity index (χ1n) is 10.9. The maximum Gasteiger partial charge on any atom is 0.144 e. The molecule has 0 atom stereocenters. The Morgan fingerprint density at radius 3 is 2.45 bits per heavy atom. The van der Waals surface area contributed by atoms with Crippen molar-refractivity contribution in [2.45, 2.75) is 40.0 Å². The van der Waals surface area contributed by atoms with Crippen molar-refractivity contribution in [3.63, 3.8) is 0 Å². The maximum atomic E-state index is 14.2. The molecular formula is C28H26FNO. The van der Waals surface area contributed by atoms with E-state index in [2.05, 4.69) is 45.9 Å². The van der Waals surface area contributed by atoms with Crippen molar-refractivity contribution in [1.29, 1.82) is 0 Å². The monoisotopic (exact) mass is 411 g/mol. The number of rotatable bonds is 4. The second-order valence-corrected chi connectivity index (χ2v) is 9.12. The van der Waals surface area contributed by atoms with Gasteiger partial charge in [0.05, 0.1) is 5.69 Å². The van der Waals surface area contributed by atoms with Gasteiger partial charge in [-0.1, -0.05) is 45.9 Å². The van der Waals surface area contributed by atoms with Crippen LogP contribution in [0.2, 0.25) is 0 Å². The zero-order valence-corrected chi connectivity index (χ0v) is 18.4. The number of para-hydroxylation sites is 1. The van der Waals surface area contributed by atoms with E-state index in [1.165, 1.54) is 11.6 Å². The topological polar surface area (TPSA) is 26.0 Å². The molecule has 0 saturated carbocycles. The van der Waals surface area contributed by atoms with Gasteiger partial charge in [-0.15, -0.1) is 0 Å². The van der Waals surface area contributed by atoms with Crippen LogP contribution in [0.1, 0.15) is 44.7 Å². The van der Waals surface area contributed by atoms with Crippen molar-refractivity contribution in [2.24, 2.45) is 5.92 Å². The van der Waals surface area contributed by atoms with Gasteiger partial charge in [0.1, 0.15) is 17.0 Å². The fourth-order valence-corrected chi connectivity index (χ4v) is 4.45. The van der Waals surface area contributed by atoms with E-state index in [1.807, 2.05) is 30.5 Å². The summed E-state index contributed by atoms with van der Waals surface area (Å²) >= 11 is 0. The van der Waals surface area contributed by atoms with Gasteiger partial charge in [-0.25, -0.2) is 4.39 Å². The van der Waals surface area contributed by atoms with E-state index in [4.69, 9.17) is 9.40 Å². The lowest BCUT2D eigenvalue weighted by molar-refractivity contribution is 0.628. The molecule has 156 valence electrons. The van der Waals surface area contributed by atoms with Crippen LogP contribution in [-0.2, 0) is 6.42 Å². The lowest BCUT2D eigenvalue weighted by Crippen LogP contribution is -1.99. The van der Waals surface area contributed by atoms with Crippen LogP contribution < -0.4 is 0 Å². The molecule has 0 saturated heterocycles. The molecule has 5 aromatic rings. The molecule has 0 N–H and O–H groups in total. The highest BCUT2D eigenvalue weighted by Crippen LogP contribution is 2.40. The summed E-state index contributed by atoms with van der Waals surface area (Å²) in [5.41, 5.74) is 5.82. The summed E-state index contributed by atoms with van der Waals surface area (Å²) in [6, 6.07) is 17.6. The molecule has 31 heavy (non-hydrogen) atoms. The normalized spacial score (nSPS) is 12.1. The van der Waals surface area contributed by atoms with Gasteiger partial charge in [-0.2, -0.15) is 0 Å².